The molecule has 0 radical (unpaired) electrons. The van der Waals surface area contributed by atoms with E-state index in [-0.39, 0.29) is 24.9 Å². The van der Waals surface area contributed by atoms with Crippen molar-refractivity contribution in [2.75, 3.05) is 40.9 Å². The maximum atomic E-state index is 13.5. The van der Waals surface area contributed by atoms with Crippen LogP contribution in [0.1, 0.15) is 303 Å². The number of nitrogens with one attached hydrogen (secondary N) is 1. The second-order valence-corrected chi connectivity index (χ2v) is 25.0. The van der Waals surface area contributed by atoms with Gasteiger partial charge in [-0.25, -0.2) is 0 Å². The Morgan fingerprint density at radius 3 is 1.24 bits per heavy atom. The first kappa shape index (κ1) is 76.5. The number of hydrogen-bond donors (Lipinski definition) is 1. The normalized spacial score (nSPS) is 14.1. The average molecular weight is 1130 g/mol. The number of allylic oxidation sites excluding steroid dienone is 11. The van der Waals surface area contributed by atoms with E-state index >= 15 is 0 Å². The first-order chi connectivity index (χ1) is 38.4. The molecule has 0 rings (SSSR count). The molecule has 0 aromatic heterocycles. The molecule has 0 saturated carbocycles. The summed E-state index contributed by atoms with van der Waals surface area (Å²) < 4.78 is 30.3. The fourth-order valence-electron chi connectivity index (χ4n) is 9.51. The van der Waals surface area contributed by atoms with Crippen LogP contribution in [0.3, 0.4) is 0 Å². The quantitative estimate of drug-likeness (QED) is 0.0212. The lowest BCUT2D eigenvalue weighted by atomic mass is 10.0. The van der Waals surface area contributed by atoms with Crippen molar-refractivity contribution in [1.29, 1.82) is 0 Å². The molecule has 0 fully saturated rings. The van der Waals surface area contributed by atoms with Crippen molar-refractivity contribution in [3.05, 3.63) is 72.9 Å². The Labute approximate surface area is 489 Å². The Kier molecular flexibility index (Phi) is 56.7. The summed E-state index contributed by atoms with van der Waals surface area (Å²) >= 11 is 0. The largest absolute Gasteiger partial charge is 0.756 e. The number of carbonyl (C=O) groups excluding carboxylic acids is 2. The van der Waals surface area contributed by atoms with Crippen LogP contribution in [0.25, 0.3) is 0 Å². The SMILES string of the molecule is CC/C=C/C/C=C/CCCCCCCCCC(=O)NC(COP(=O)([O-])OCC[N+](C)(C)C)C(/C=C\CCCCCCCCCCCC)OC(=O)CCCCCCCCCCCCCCCC/C=C\C/C=C\C/C=C\CCCCC. The van der Waals surface area contributed by atoms with E-state index in [0.717, 1.165) is 96.3 Å². The maximum absolute atomic E-state index is 13.5. The van der Waals surface area contributed by atoms with Gasteiger partial charge in [-0.3, -0.25) is 14.2 Å². The van der Waals surface area contributed by atoms with Crippen molar-refractivity contribution in [2.24, 2.45) is 0 Å². The summed E-state index contributed by atoms with van der Waals surface area (Å²) in [5, 5.41) is 3.03. The van der Waals surface area contributed by atoms with E-state index in [4.69, 9.17) is 13.8 Å². The minimum Gasteiger partial charge on any atom is -0.756 e. The fourth-order valence-corrected chi connectivity index (χ4v) is 10.2. The molecule has 10 heteroatoms. The lowest BCUT2D eigenvalue weighted by Crippen LogP contribution is -2.47. The molecule has 0 bridgehead atoms. The monoisotopic (exact) mass is 1130 g/mol. The van der Waals surface area contributed by atoms with Crippen LogP contribution in [0.4, 0.5) is 0 Å². The molecule has 460 valence electrons. The predicted molar refractivity (Wildman–Crippen MR) is 339 cm³/mol. The second-order valence-electron chi connectivity index (χ2n) is 23.6. The molecule has 3 unspecified atom stereocenters. The number of amides is 1. The predicted octanol–water partition coefficient (Wildman–Crippen LogP) is 20.2. The number of unbranched alkanes of at least 4 members (excludes halogenated alkanes) is 34. The summed E-state index contributed by atoms with van der Waals surface area (Å²) in [4.78, 5) is 40.0. The minimum absolute atomic E-state index is 0.0252. The number of phosphoric ester groups is 1. The van der Waals surface area contributed by atoms with Gasteiger partial charge in [0.05, 0.1) is 33.8 Å². The third kappa shape index (κ3) is 59.9. The molecule has 0 aromatic carbocycles. The van der Waals surface area contributed by atoms with E-state index in [9.17, 15) is 19.0 Å². The molecule has 0 aliphatic rings. The average Bonchev–Trinajstić information content (AvgIpc) is 3.41. The molecule has 1 amide bonds. The van der Waals surface area contributed by atoms with Crippen molar-refractivity contribution < 1.29 is 37.3 Å². The van der Waals surface area contributed by atoms with E-state index < -0.39 is 26.6 Å². The van der Waals surface area contributed by atoms with Crippen LogP contribution in [-0.4, -0.2) is 69.4 Å². The number of rotatable bonds is 60. The van der Waals surface area contributed by atoms with Crippen molar-refractivity contribution >= 4 is 19.7 Å². The molecule has 0 spiro atoms. The molecular weight excluding hydrogens is 1000 g/mol. The van der Waals surface area contributed by atoms with Crippen LogP contribution < -0.4 is 10.2 Å². The highest BCUT2D eigenvalue weighted by molar-refractivity contribution is 7.45. The minimum atomic E-state index is -4.70. The van der Waals surface area contributed by atoms with Crippen LogP contribution in [0.5, 0.6) is 0 Å². The maximum Gasteiger partial charge on any atom is 0.306 e. The first-order valence-electron chi connectivity index (χ1n) is 33.2. The Bertz CT molecular complexity index is 1580. The smallest absolute Gasteiger partial charge is 0.306 e. The van der Waals surface area contributed by atoms with E-state index in [1.54, 1.807) is 0 Å². The molecular formula is C69H127N2O7P. The van der Waals surface area contributed by atoms with E-state index in [1.165, 1.54) is 173 Å². The summed E-state index contributed by atoms with van der Waals surface area (Å²) in [6.45, 7) is 6.72. The zero-order chi connectivity index (χ0) is 57.9. The molecule has 0 saturated heterocycles. The van der Waals surface area contributed by atoms with Gasteiger partial charge in [0.15, 0.2) is 0 Å². The number of nitrogens with zero attached hydrogens (tertiary/aromatic N) is 1. The number of esters is 1. The first-order valence-corrected chi connectivity index (χ1v) is 34.7. The zero-order valence-corrected chi connectivity index (χ0v) is 53.5. The Morgan fingerprint density at radius 2 is 0.810 bits per heavy atom. The van der Waals surface area contributed by atoms with Crippen molar-refractivity contribution in [1.82, 2.24) is 5.32 Å². The summed E-state index contributed by atoms with van der Waals surface area (Å²) in [7, 11) is 1.18. The summed E-state index contributed by atoms with van der Waals surface area (Å²) in [5.41, 5.74) is 0. The molecule has 0 heterocycles. The van der Waals surface area contributed by atoms with Crippen LogP contribution in [-0.2, 0) is 27.9 Å². The molecule has 0 aliphatic carbocycles. The summed E-state index contributed by atoms with van der Waals surface area (Å²) in [6.07, 6.45) is 75.9. The number of phosphoric acid groups is 1. The van der Waals surface area contributed by atoms with Gasteiger partial charge in [-0.1, -0.05) is 267 Å². The van der Waals surface area contributed by atoms with Gasteiger partial charge in [0.2, 0.25) is 5.91 Å². The topological polar surface area (TPSA) is 114 Å². The summed E-state index contributed by atoms with van der Waals surface area (Å²) in [5.74, 6) is -0.546. The molecule has 3 atom stereocenters. The second kappa shape index (κ2) is 58.6. The Morgan fingerprint density at radius 1 is 0.456 bits per heavy atom. The van der Waals surface area contributed by atoms with Gasteiger partial charge in [0.1, 0.15) is 19.3 Å². The number of ether oxygens (including phenoxy) is 1. The third-order valence-electron chi connectivity index (χ3n) is 14.6. The van der Waals surface area contributed by atoms with Crippen molar-refractivity contribution in [3.63, 3.8) is 0 Å². The summed E-state index contributed by atoms with van der Waals surface area (Å²) in [6, 6.07) is -0.894. The van der Waals surface area contributed by atoms with E-state index in [0.29, 0.717) is 17.4 Å². The number of carbonyl (C=O) groups is 2. The Balaban J connectivity index is 5.03. The van der Waals surface area contributed by atoms with Gasteiger partial charge in [-0.2, -0.15) is 0 Å². The van der Waals surface area contributed by atoms with E-state index in [2.05, 4.69) is 86.8 Å². The molecule has 1 N–H and O–H groups in total. The van der Waals surface area contributed by atoms with Gasteiger partial charge in [-0.05, 0) is 96.0 Å². The molecule has 0 aliphatic heterocycles. The highest BCUT2D eigenvalue weighted by atomic mass is 31.2. The van der Waals surface area contributed by atoms with Crippen LogP contribution in [0.2, 0.25) is 0 Å². The van der Waals surface area contributed by atoms with Crippen LogP contribution in [0, 0.1) is 0 Å². The van der Waals surface area contributed by atoms with Gasteiger partial charge in [0.25, 0.3) is 7.82 Å². The molecule has 79 heavy (non-hydrogen) atoms. The standard InChI is InChI=1S/C69H127N2O7P/c1-7-10-13-16-19-22-25-28-30-31-32-33-34-35-36-37-38-39-40-41-42-44-47-50-53-56-59-62-69(73)78-67(60-57-54-51-48-45-27-24-21-18-15-12-9-3)66(65-77-79(74,75)76-64-63-71(4,5)6)70-68(72)61-58-55-52-49-46-43-29-26-23-20-17-14-11-8-2/h11,14,19-20,22-23,28,30,32-33,57,60,66-67H,7-10,12-13,15-18,21,24-27,29,31,34-56,58-59,61-65H2,1-6H3,(H-,70,72,74,75)/b14-11+,22-19-,23-20+,30-28-,33-32-,60-57-. The lowest BCUT2D eigenvalue weighted by Gasteiger charge is -2.30. The van der Waals surface area contributed by atoms with Gasteiger partial charge < -0.3 is 28.5 Å². The third-order valence-corrected chi connectivity index (χ3v) is 15.6. The van der Waals surface area contributed by atoms with Crippen LogP contribution >= 0.6 is 7.82 Å². The van der Waals surface area contributed by atoms with Gasteiger partial charge in [0, 0.05) is 12.8 Å². The molecule has 0 aromatic rings. The number of hydrogen-bond acceptors (Lipinski definition) is 7. The Hall–Kier alpha value is -2.55. The van der Waals surface area contributed by atoms with Crippen molar-refractivity contribution in [3.8, 4) is 0 Å². The zero-order valence-electron chi connectivity index (χ0n) is 52.6. The highest BCUT2D eigenvalue weighted by Crippen LogP contribution is 2.38. The number of quaternary nitrogens is 1. The van der Waals surface area contributed by atoms with Crippen LogP contribution in [0.15, 0.2) is 72.9 Å². The van der Waals surface area contributed by atoms with Gasteiger partial charge >= 0.3 is 5.97 Å². The fraction of sp³-hybridized carbons (Fsp3) is 0.797. The highest BCUT2D eigenvalue weighted by Gasteiger charge is 2.27. The molecule has 9 nitrogen and oxygen atoms in total. The lowest BCUT2D eigenvalue weighted by molar-refractivity contribution is -0.870. The van der Waals surface area contributed by atoms with Crippen molar-refractivity contribution in [2.45, 2.75) is 315 Å². The van der Waals surface area contributed by atoms with E-state index in [1.807, 2.05) is 33.3 Å². The number of likely N-dealkylation sites (N-methyl/N-ethyl adjacent to an activating group) is 1. The van der Waals surface area contributed by atoms with Gasteiger partial charge in [-0.15, -0.1) is 0 Å².